The molecule has 0 saturated heterocycles. The van der Waals surface area contributed by atoms with Gasteiger partial charge in [-0.2, -0.15) is 0 Å². The van der Waals surface area contributed by atoms with E-state index >= 15 is 0 Å². The average molecular weight is 423 g/mol. The van der Waals surface area contributed by atoms with Gasteiger partial charge in [-0.25, -0.2) is 9.37 Å². The zero-order valence-corrected chi connectivity index (χ0v) is 16.6. The van der Waals surface area contributed by atoms with E-state index in [2.05, 4.69) is 21.5 Å². The molecular weight excluding hydrogens is 400 g/mol. The molecule has 1 fully saturated rings. The fourth-order valence-corrected chi connectivity index (χ4v) is 3.87. The molecule has 1 saturated carbocycles. The van der Waals surface area contributed by atoms with E-state index < -0.39 is 29.6 Å². The van der Waals surface area contributed by atoms with Gasteiger partial charge in [0.1, 0.15) is 12.1 Å². The summed E-state index contributed by atoms with van der Waals surface area (Å²) < 4.78 is 7.24. The number of nitrogens with two attached hydrogens (primary N) is 2. The lowest BCUT2D eigenvalue weighted by atomic mass is 9.99. The van der Waals surface area contributed by atoms with Gasteiger partial charge < -0.3 is 21.3 Å². The number of nitrogen functional groups attached to an aromatic ring is 1. The quantitative estimate of drug-likeness (QED) is 0.310. The van der Waals surface area contributed by atoms with Crippen LogP contribution < -0.4 is 17.0 Å². The van der Waals surface area contributed by atoms with E-state index in [1.807, 2.05) is 6.07 Å². The summed E-state index contributed by atoms with van der Waals surface area (Å²) in [5.41, 5.74) is 12.8. The minimum Gasteiger partial charge on any atom is -0.460 e. The number of fused-ring (bicyclic) bond motifs is 1. The predicted octanol–water partition coefficient (Wildman–Crippen LogP) is 0.537. The number of carbonyl (C=O) groups excluding carboxylic acids is 1. The van der Waals surface area contributed by atoms with Crippen LogP contribution >= 0.6 is 0 Å². The Kier molecular flexibility index (Phi) is 5.49. The molecule has 2 aliphatic rings. The Bertz CT molecular complexity index is 1140. The molecule has 0 bridgehead atoms. The highest BCUT2D eigenvalue weighted by molar-refractivity contribution is 5.79. The maximum atomic E-state index is 12.6. The zero-order valence-electron chi connectivity index (χ0n) is 16.6. The maximum absolute atomic E-state index is 12.6. The third-order valence-electron chi connectivity index (χ3n) is 5.56. The number of esters is 1. The van der Waals surface area contributed by atoms with Gasteiger partial charge in [-0.1, -0.05) is 52.5 Å². The number of aliphatic hydroxyl groups is 1. The summed E-state index contributed by atoms with van der Waals surface area (Å²) in [6.07, 6.45) is 3.04. The summed E-state index contributed by atoms with van der Waals surface area (Å²) in [5, 5.41) is 9.87. The number of anilines is 1. The molecule has 1 aliphatic heterocycles. The number of benzene rings is 1. The van der Waals surface area contributed by atoms with E-state index in [0.29, 0.717) is 23.4 Å². The molecule has 1 aromatic heterocycles. The molecule has 160 valence electrons. The predicted molar refractivity (Wildman–Crippen MR) is 114 cm³/mol. The molecule has 10 nitrogen and oxygen atoms in total. The van der Waals surface area contributed by atoms with E-state index in [9.17, 15) is 14.7 Å². The molecule has 2 aromatic rings. The highest BCUT2D eigenvalue weighted by atomic mass is 16.5. The molecule has 1 aliphatic carbocycles. The topological polar surface area (TPSA) is 160 Å². The van der Waals surface area contributed by atoms with Crippen molar-refractivity contribution in [2.24, 2.45) is 22.6 Å². The van der Waals surface area contributed by atoms with E-state index in [1.54, 1.807) is 35.1 Å². The third kappa shape index (κ3) is 3.90. The standard InChI is InChI=1S/C21H22N6O4/c1-11-13(8-27-10-24-17-18(27)25-21(23)26-19(17)29)7-15(14(11)9-28)31-20(30)16(22)12-5-3-2-4-6-12/h2-6,8,10,13-16,28H,1,7,9,22H2,(H2-,23,25,26,29)/p+1/b27-8-/t13?,14-,15-,16+/m0/s1. The molecule has 6 N–H and O–H groups in total. The van der Waals surface area contributed by atoms with Crippen molar-refractivity contribution in [3.05, 3.63) is 58.4 Å². The van der Waals surface area contributed by atoms with Crippen LogP contribution in [0.5, 0.6) is 0 Å². The van der Waals surface area contributed by atoms with Crippen LogP contribution in [0.4, 0.5) is 17.5 Å². The van der Waals surface area contributed by atoms with Crippen LogP contribution in [0.25, 0.3) is 0 Å². The normalized spacial score (nSPS) is 24.4. The summed E-state index contributed by atoms with van der Waals surface area (Å²) in [7, 11) is 0. The lowest BCUT2D eigenvalue weighted by molar-refractivity contribution is -0.291. The second-order valence-electron chi connectivity index (χ2n) is 7.49. The Morgan fingerprint density at radius 2 is 2.16 bits per heavy atom. The molecule has 1 aromatic carbocycles. The van der Waals surface area contributed by atoms with Crippen molar-refractivity contribution in [3.8, 4) is 0 Å². The summed E-state index contributed by atoms with van der Waals surface area (Å²) >= 11 is 0. The van der Waals surface area contributed by atoms with Crippen molar-refractivity contribution in [2.45, 2.75) is 18.6 Å². The van der Waals surface area contributed by atoms with E-state index in [1.165, 1.54) is 6.34 Å². The molecule has 4 atom stereocenters. The summed E-state index contributed by atoms with van der Waals surface area (Å²) in [5.74, 6) is -0.974. The second kappa shape index (κ2) is 8.25. The number of carbonyl (C=O) groups is 1. The van der Waals surface area contributed by atoms with Gasteiger partial charge >= 0.3 is 17.3 Å². The first kappa shape index (κ1) is 20.6. The van der Waals surface area contributed by atoms with Crippen molar-refractivity contribution in [1.29, 1.82) is 0 Å². The van der Waals surface area contributed by atoms with Crippen molar-refractivity contribution in [2.75, 3.05) is 12.3 Å². The number of nitrogens with zero attached hydrogens (tertiary/aromatic N) is 3. The van der Waals surface area contributed by atoms with Crippen molar-refractivity contribution in [1.82, 2.24) is 9.97 Å². The number of H-pyrrole nitrogens is 1. The second-order valence-corrected chi connectivity index (χ2v) is 7.49. The number of hydrogen-bond acceptors (Lipinski definition) is 8. The Balaban J connectivity index is 1.53. The molecular formula is C21H23N6O4+. The molecule has 1 unspecified atom stereocenters. The van der Waals surface area contributed by atoms with Crippen LogP contribution in [0.3, 0.4) is 0 Å². The van der Waals surface area contributed by atoms with E-state index in [0.717, 1.165) is 0 Å². The van der Waals surface area contributed by atoms with Gasteiger partial charge in [0.2, 0.25) is 6.34 Å². The highest BCUT2D eigenvalue weighted by Crippen LogP contribution is 2.38. The maximum Gasteiger partial charge on any atom is 0.327 e. The summed E-state index contributed by atoms with van der Waals surface area (Å²) in [6, 6.07) is 8.01. The summed E-state index contributed by atoms with van der Waals surface area (Å²) in [4.78, 5) is 35.2. The fraction of sp³-hybridized carbons (Fsp3) is 0.286. The number of aromatic amines is 1. The number of hydrogen-bond donors (Lipinski definition) is 4. The molecule has 2 heterocycles. The molecule has 0 radical (unpaired) electrons. The number of nitrogens with one attached hydrogen (secondary N) is 1. The molecule has 0 spiro atoms. The SMILES string of the molecule is C=C1C(/C=[N+]2/C=Nc3c2nc(N)[nH]c3=O)C[C@H](OC(=O)[C@H](N)c2ccccc2)[C@H]1CO. The fourth-order valence-electron chi connectivity index (χ4n) is 3.87. The number of aliphatic hydroxyl groups excluding tert-OH is 1. The van der Waals surface area contributed by atoms with Crippen LogP contribution in [0.1, 0.15) is 18.0 Å². The van der Waals surface area contributed by atoms with Gasteiger partial charge in [0.05, 0.1) is 12.8 Å². The lowest BCUT2D eigenvalue weighted by Gasteiger charge is -2.21. The monoisotopic (exact) mass is 423 g/mol. The van der Waals surface area contributed by atoms with Crippen molar-refractivity contribution >= 4 is 36.0 Å². The van der Waals surface area contributed by atoms with Gasteiger partial charge in [0.25, 0.3) is 11.6 Å². The zero-order chi connectivity index (χ0) is 22.1. The number of ether oxygens (including phenoxy) is 1. The first-order valence-corrected chi connectivity index (χ1v) is 9.77. The van der Waals surface area contributed by atoms with E-state index in [4.69, 9.17) is 16.2 Å². The van der Waals surface area contributed by atoms with Crippen molar-refractivity contribution in [3.63, 3.8) is 0 Å². The van der Waals surface area contributed by atoms with Crippen LogP contribution in [-0.4, -0.2) is 50.9 Å². The van der Waals surface area contributed by atoms with Gasteiger partial charge in [0.15, 0.2) is 0 Å². The largest absolute Gasteiger partial charge is 0.460 e. The van der Waals surface area contributed by atoms with Crippen LogP contribution in [0.2, 0.25) is 0 Å². The minimum absolute atomic E-state index is 0.0205. The summed E-state index contributed by atoms with van der Waals surface area (Å²) in [6.45, 7) is 3.86. The number of aliphatic imine (C=N–C) groups is 1. The van der Waals surface area contributed by atoms with Gasteiger partial charge in [-0.05, 0) is 12.0 Å². The van der Waals surface area contributed by atoms with Crippen molar-refractivity contribution < 1.29 is 19.2 Å². The first-order chi connectivity index (χ1) is 14.9. The first-order valence-electron chi connectivity index (χ1n) is 9.77. The smallest absolute Gasteiger partial charge is 0.327 e. The van der Waals surface area contributed by atoms with Crippen LogP contribution in [0.15, 0.2) is 52.3 Å². The molecule has 0 amide bonds. The van der Waals surface area contributed by atoms with Crippen LogP contribution in [0, 0.1) is 11.8 Å². The highest BCUT2D eigenvalue weighted by Gasteiger charge is 2.41. The Hall–Kier alpha value is -3.63. The van der Waals surface area contributed by atoms with Gasteiger partial charge in [0, 0.05) is 11.8 Å². The average Bonchev–Trinajstić information content (AvgIpc) is 3.29. The lowest BCUT2D eigenvalue weighted by Crippen LogP contribution is -2.31. The molecule has 31 heavy (non-hydrogen) atoms. The Morgan fingerprint density at radius 1 is 1.42 bits per heavy atom. The molecule has 4 rings (SSSR count). The molecule has 10 heteroatoms. The Morgan fingerprint density at radius 3 is 2.87 bits per heavy atom. The van der Waals surface area contributed by atoms with Crippen LogP contribution in [-0.2, 0) is 9.53 Å². The van der Waals surface area contributed by atoms with E-state index in [-0.39, 0.29) is 24.2 Å². The number of rotatable bonds is 5. The number of aromatic nitrogens is 2. The van der Waals surface area contributed by atoms with Gasteiger partial charge in [-0.3, -0.25) is 9.78 Å². The van der Waals surface area contributed by atoms with Gasteiger partial charge in [-0.15, -0.1) is 0 Å². The minimum atomic E-state index is -0.923. The third-order valence-corrected chi connectivity index (χ3v) is 5.56. The Labute approximate surface area is 177 Å².